The number of carbonyl (C=O) groups excluding carboxylic acids is 1. The normalized spacial score (nSPS) is 17.5. The SMILES string of the molecule is CNC(c1cccc(OC)c1)C1CCN(C(=O)OC(C)(C)C)CC1. The minimum absolute atomic E-state index is 0.205. The summed E-state index contributed by atoms with van der Waals surface area (Å²) >= 11 is 0. The standard InChI is InChI=1S/C19H30N2O3/c1-19(2,3)24-18(22)21-11-9-14(10-12-21)17(20-4)15-7-6-8-16(13-15)23-5/h6-8,13-14,17,20H,9-12H2,1-5H3. The molecule has 1 aliphatic heterocycles. The van der Waals surface area contributed by atoms with Crippen LogP contribution in [0.4, 0.5) is 4.79 Å². The number of likely N-dealkylation sites (tertiary alicyclic amines) is 1. The van der Waals surface area contributed by atoms with Crippen molar-refractivity contribution in [3.63, 3.8) is 0 Å². The molecular weight excluding hydrogens is 304 g/mol. The van der Waals surface area contributed by atoms with Crippen molar-refractivity contribution < 1.29 is 14.3 Å². The fourth-order valence-electron chi connectivity index (χ4n) is 3.25. The van der Waals surface area contributed by atoms with E-state index in [9.17, 15) is 4.79 Å². The summed E-state index contributed by atoms with van der Waals surface area (Å²) in [6.45, 7) is 7.18. The number of hydrogen-bond donors (Lipinski definition) is 1. The highest BCUT2D eigenvalue weighted by molar-refractivity contribution is 5.68. The number of carbonyl (C=O) groups is 1. The summed E-state index contributed by atoms with van der Waals surface area (Å²) in [5.74, 6) is 1.36. The molecule has 1 unspecified atom stereocenters. The highest BCUT2D eigenvalue weighted by Gasteiger charge is 2.30. The molecule has 0 bridgehead atoms. The molecule has 1 saturated heterocycles. The van der Waals surface area contributed by atoms with Crippen LogP contribution in [0.5, 0.6) is 5.75 Å². The topological polar surface area (TPSA) is 50.8 Å². The van der Waals surface area contributed by atoms with Crippen LogP contribution in [0.15, 0.2) is 24.3 Å². The zero-order chi connectivity index (χ0) is 17.7. The summed E-state index contributed by atoms with van der Waals surface area (Å²) in [5, 5.41) is 3.43. The lowest BCUT2D eigenvalue weighted by molar-refractivity contribution is 0.0170. The summed E-state index contributed by atoms with van der Waals surface area (Å²) in [7, 11) is 3.68. The molecule has 1 atom stereocenters. The van der Waals surface area contributed by atoms with Crippen LogP contribution in [-0.2, 0) is 4.74 Å². The van der Waals surface area contributed by atoms with Crippen molar-refractivity contribution in [2.45, 2.75) is 45.3 Å². The van der Waals surface area contributed by atoms with E-state index in [2.05, 4.69) is 17.4 Å². The van der Waals surface area contributed by atoms with Gasteiger partial charge in [0.25, 0.3) is 0 Å². The second kappa shape index (κ2) is 7.88. The summed E-state index contributed by atoms with van der Waals surface area (Å²) in [4.78, 5) is 14.0. The highest BCUT2D eigenvalue weighted by atomic mass is 16.6. The molecule has 1 heterocycles. The zero-order valence-corrected chi connectivity index (χ0v) is 15.5. The maximum Gasteiger partial charge on any atom is 0.410 e. The first-order valence-corrected chi connectivity index (χ1v) is 8.63. The maximum absolute atomic E-state index is 12.2. The van der Waals surface area contributed by atoms with Crippen LogP contribution >= 0.6 is 0 Å². The first-order valence-electron chi connectivity index (χ1n) is 8.63. The van der Waals surface area contributed by atoms with E-state index in [0.717, 1.165) is 31.7 Å². The van der Waals surface area contributed by atoms with E-state index < -0.39 is 5.60 Å². The Kier molecular flexibility index (Phi) is 6.10. The molecule has 1 aromatic rings. The Bertz CT molecular complexity index is 546. The number of piperidine rings is 1. The molecule has 1 aromatic carbocycles. The van der Waals surface area contributed by atoms with Crippen molar-refractivity contribution in [2.75, 3.05) is 27.2 Å². The average Bonchev–Trinajstić information content (AvgIpc) is 2.55. The third kappa shape index (κ3) is 4.87. The van der Waals surface area contributed by atoms with Crippen LogP contribution in [0.1, 0.15) is 45.2 Å². The van der Waals surface area contributed by atoms with E-state index in [1.54, 1.807) is 7.11 Å². The smallest absolute Gasteiger partial charge is 0.410 e. The Balaban J connectivity index is 1.98. The molecule has 134 valence electrons. The molecule has 1 aliphatic rings. The predicted molar refractivity (Wildman–Crippen MR) is 95.3 cm³/mol. The number of hydrogen-bond acceptors (Lipinski definition) is 4. The Morgan fingerprint density at radius 2 is 1.96 bits per heavy atom. The van der Waals surface area contributed by atoms with Gasteiger partial charge in [-0.25, -0.2) is 4.79 Å². The number of nitrogens with one attached hydrogen (secondary N) is 1. The second-order valence-corrected chi connectivity index (χ2v) is 7.35. The molecule has 2 rings (SSSR count). The van der Waals surface area contributed by atoms with E-state index in [0.29, 0.717) is 5.92 Å². The van der Waals surface area contributed by atoms with Gasteiger partial charge in [-0.2, -0.15) is 0 Å². The predicted octanol–water partition coefficient (Wildman–Crippen LogP) is 3.60. The Morgan fingerprint density at radius 3 is 2.50 bits per heavy atom. The molecule has 0 radical (unpaired) electrons. The highest BCUT2D eigenvalue weighted by Crippen LogP contribution is 2.32. The third-order valence-corrected chi connectivity index (χ3v) is 4.43. The molecule has 0 aliphatic carbocycles. The summed E-state index contributed by atoms with van der Waals surface area (Å²) < 4.78 is 10.8. The van der Waals surface area contributed by atoms with Gasteiger partial charge in [-0.1, -0.05) is 12.1 Å². The van der Waals surface area contributed by atoms with Gasteiger partial charge in [0.1, 0.15) is 11.4 Å². The number of amides is 1. The van der Waals surface area contributed by atoms with Crippen LogP contribution in [0.3, 0.4) is 0 Å². The van der Waals surface area contributed by atoms with Gasteiger partial charge in [0.15, 0.2) is 0 Å². The van der Waals surface area contributed by atoms with E-state index in [4.69, 9.17) is 9.47 Å². The quantitative estimate of drug-likeness (QED) is 0.914. The van der Waals surface area contributed by atoms with Gasteiger partial charge in [-0.3, -0.25) is 0 Å². The van der Waals surface area contributed by atoms with E-state index in [1.165, 1.54) is 5.56 Å². The Morgan fingerprint density at radius 1 is 1.29 bits per heavy atom. The molecule has 5 nitrogen and oxygen atoms in total. The molecule has 0 spiro atoms. The minimum Gasteiger partial charge on any atom is -0.497 e. The third-order valence-electron chi connectivity index (χ3n) is 4.43. The van der Waals surface area contributed by atoms with Gasteiger partial charge in [0.05, 0.1) is 7.11 Å². The molecule has 1 fully saturated rings. The van der Waals surface area contributed by atoms with Crippen LogP contribution < -0.4 is 10.1 Å². The van der Waals surface area contributed by atoms with Gasteiger partial charge in [-0.15, -0.1) is 0 Å². The van der Waals surface area contributed by atoms with Crippen molar-refractivity contribution in [2.24, 2.45) is 5.92 Å². The molecule has 0 aromatic heterocycles. The monoisotopic (exact) mass is 334 g/mol. The number of rotatable bonds is 4. The number of methoxy groups -OCH3 is 1. The van der Waals surface area contributed by atoms with Crippen LogP contribution in [0.25, 0.3) is 0 Å². The Hall–Kier alpha value is -1.75. The van der Waals surface area contributed by atoms with Crippen LogP contribution in [-0.4, -0.2) is 43.8 Å². The fourth-order valence-corrected chi connectivity index (χ4v) is 3.25. The summed E-state index contributed by atoms with van der Waals surface area (Å²) in [5.41, 5.74) is 0.787. The minimum atomic E-state index is -0.442. The van der Waals surface area contributed by atoms with E-state index >= 15 is 0 Å². The lowest BCUT2D eigenvalue weighted by Gasteiger charge is -2.36. The first kappa shape index (κ1) is 18.6. The molecule has 1 N–H and O–H groups in total. The maximum atomic E-state index is 12.2. The van der Waals surface area contributed by atoms with Crippen molar-refractivity contribution in [3.05, 3.63) is 29.8 Å². The fraction of sp³-hybridized carbons (Fsp3) is 0.632. The average molecular weight is 334 g/mol. The first-order chi connectivity index (χ1) is 11.3. The largest absolute Gasteiger partial charge is 0.497 e. The lowest BCUT2D eigenvalue weighted by atomic mass is 9.85. The van der Waals surface area contributed by atoms with Crippen molar-refractivity contribution in [1.29, 1.82) is 0 Å². The number of ether oxygens (including phenoxy) is 2. The lowest BCUT2D eigenvalue weighted by Crippen LogP contribution is -2.43. The van der Waals surface area contributed by atoms with Crippen LogP contribution in [0, 0.1) is 5.92 Å². The molecule has 24 heavy (non-hydrogen) atoms. The number of nitrogens with zero attached hydrogens (tertiary/aromatic N) is 1. The molecule has 1 amide bonds. The Labute approximate surface area is 145 Å². The van der Waals surface area contributed by atoms with E-state index in [-0.39, 0.29) is 12.1 Å². The van der Waals surface area contributed by atoms with E-state index in [1.807, 2.05) is 44.9 Å². The van der Waals surface area contributed by atoms with Crippen LogP contribution in [0.2, 0.25) is 0 Å². The van der Waals surface area contributed by atoms with Gasteiger partial charge in [0, 0.05) is 19.1 Å². The van der Waals surface area contributed by atoms with Gasteiger partial charge >= 0.3 is 6.09 Å². The zero-order valence-electron chi connectivity index (χ0n) is 15.5. The molecule has 5 heteroatoms. The summed E-state index contributed by atoms with van der Waals surface area (Å²) in [6.07, 6.45) is 1.72. The van der Waals surface area contributed by atoms with Gasteiger partial charge in [0.2, 0.25) is 0 Å². The van der Waals surface area contributed by atoms with Crippen molar-refractivity contribution >= 4 is 6.09 Å². The molecule has 0 saturated carbocycles. The summed E-state index contributed by atoms with van der Waals surface area (Å²) in [6, 6.07) is 8.46. The molecular formula is C19H30N2O3. The van der Waals surface area contributed by atoms with Gasteiger partial charge in [-0.05, 0) is 64.3 Å². The van der Waals surface area contributed by atoms with Gasteiger partial charge < -0.3 is 19.7 Å². The van der Waals surface area contributed by atoms with Crippen molar-refractivity contribution in [3.8, 4) is 5.75 Å². The second-order valence-electron chi connectivity index (χ2n) is 7.35. The number of benzene rings is 1. The van der Waals surface area contributed by atoms with Crippen molar-refractivity contribution in [1.82, 2.24) is 10.2 Å².